The highest BCUT2D eigenvalue weighted by atomic mass is 32.3. The summed E-state index contributed by atoms with van der Waals surface area (Å²) in [6.45, 7) is 0. The van der Waals surface area contributed by atoms with Gasteiger partial charge in [-0.3, -0.25) is 0 Å². The number of hydrogen-bond donors (Lipinski definition) is 2. The topological polar surface area (TPSA) is 83.5 Å². The molecule has 2 N–H and O–H groups in total. The quantitative estimate of drug-likeness (QED) is 0.726. The molecule has 0 aliphatic rings. The summed E-state index contributed by atoms with van der Waals surface area (Å²) >= 11 is 0. The van der Waals surface area contributed by atoms with E-state index in [0.29, 0.717) is 0 Å². The minimum absolute atomic E-state index is 0.0783. The van der Waals surface area contributed by atoms with Crippen LogP contribution in [0.25, 0.3) is 0 Å². The first-order valence-corrected chi connectivity index (χ1v) is 6.66. The number of rotatable bonds is 3. The van der Waals surface area contributed by atoms with Gasteiger partial charge in [-0.15, -0.1) is 4.13 Å². The SMILES string of the molecule is C=S(=O)(O)NS(=O)(=O)c1ccccc1. The van der Waals surface area contributed by atoms with Gasteiger partial charge in [0.15, 0.2) is 9.99 Å². The Labute approximate surface area is 82.8 Å². The van der Waals surface area contributed by atoms with Gasteiger partial charge in [-0.25, -0.2) is 12.6 Å². The Morgan fingerprint density at radius 3 is 2.07 bits per heavy atom. The first-order chi connectivity index (χ1) is 6.31. The lowest BCUT2D eigenvalue weighted by molar-refractivity contribution is 0.550. The number of sulfonamides is 1. The lowest BCUT2D eigenvalue weighted by Gasteiger charge is -2.05. The Morgan fingerprint density at radius 1 is 1.14 bits per heavy atom. The van der Waals surface area contributed by atoms with E-state index in [9.17, 15) is 12.6 Å². The molecule has 0 saturated heterocycles. The van der Waals surface area contributed by atoms with E-state index in [0.717, 1.165) is 0 Å². The number of hydrogen-bond acceptors (Lipinski definition) is 3. The zero-order valence-corrected chi connectivity index (χ0v) is 8.72. The number of benzene rings is 1. The molecule has 1 rings (SSSR count). The van der Waals surface area contributed by atoms with Crippen LogP contribution in [0.15, 0.2) is 35.2 Å². The highest BCUT2D eigenvalue weighted by Gasteiger charge is 2.16. The van der Waals surface area contributed by atoms with Crippen molar-refractivity contribution >= 4 is 25.9 Å². The third kappa shape index (κ3) is 3.11. The Kier molecular flexibility index (Phi) is 2.95. The highest BCUT2D eigenvalue weighted by molar-refractivity contribution is 8.06. The lowest BCUT2D eigenvalue weighted by Crippen LogP contribution is -2.29. The van der Waals surface area contributed by atoms with Gasteiger partial charge in [-0.2, -0.15) is 0 Å². The Hall–Kier alpha value is -0.890. The fraction of sp³-hybridized carbons (Fsp3) is 0. The Morgan fingerprint density at radius 2 is 1.64 bits per heavy atom. The average Bonchev–Trinajstić information content (AvgIpc) is 2.01. The molecule has 0 fully saturated rings. The molecular weight excluding hydrogens is 226 g/mol. The summed E-state index contributed by atoms with van der Waals surface area (Å²) < 4.78 is 43.7. The van der Waals surface area contributed by atoms with Crippen molar-refractivity contribution in [1.82, 2.24) is 4.13 Å². The normalized spacial score (nSPS) is 16.1. The van der Waals surface area contributed by atoms with E-state index in [-0.39, 0.29) is 4.90 Å². The van der Waals surface area contributed by atoms with Crippen LogP contribution in [0.2, 0.25) is 0 Å². The van der Waals surface area contributed by atoms with E-state index >= 15 is 0 Å². The lowest BCUT2D eigenvalue weighted by atomic mass is 10.4. The van der Waals surface area contributed by atoms with Gasteiger partial charge >= 0.3 is 0 Å². The molecule has 78 valence electrons. The maximum Gasteiger partial charge on any atom is 0.252 e. The van der Waals surface area contributed by atoms with Crippen molar-refractivity contribution in [2.75, 3.05) is 0 Å². The molecule has 1 atom stereocenters. The second-order valence-corrected chi connectivity index (χ2v) is 5.97. The summed E-state index contributed by atoms with van der Waals surface area (Å²) in [7, 11) is -7.72. The third-order valence-corrected chi connectivity index (χ3v) is 4.11. The Bertz CT molecular complexity index is 504. The summed E-state index contributed by atoms with van der Waals surface area (Å²) in [5.41, 5.74) is 0. The minimum Gasteiger partial charge on any atom is -0.302 e. The van der Waals surface area contributed by atoms with Gasteiger partial charge in [-0.1, -0.05) is 18.2 Å². The van der Waals surface area contributed by atoms with Gasteiger partial charge in [0.05, 0.1) is 4.90 Å². The predicted molar refractivity (Wildman–Crippen MR) is 54.7 cm³/mol. The first kappa shape index (κ1) is 11.2. The highest BCUT2D eigenvalue weighted by Crippen LogP contribution is 2.07. The van der Waals surface area contributed by atoms with Gasteiger partial charge in [-0.05, 0) is 18.0 Å². The zero-order chi connectivity index (χ0) is 10.8. The molecule has 0 saturated carbocycles. The van der Waals surface area contributed by atoms with Crippen LogP contribution in [-0.4, -0.2) is 23.0 Å². The monoisotopic (exact) mass is 235 g/mol. The molecule has 0 amide bonds. The van der Waals surface area contributed by atoms with Gasteiger partial charge < -0.3 is 4.55 Å². The van der Waals surface area contributed by atoms with E-state index in [2.05, 4.69) is 5.87 Å². The summed E-state index contributed by atoms with van der Waals surface area (Å²) in [6, 6.07) is 7.29. The van der Waals surface area contributed by atoms with Gasteiger partial charge in [0.2, 0.25) is 0 Å². The van der Waals surface area contributed by atoms with Crippen molar-refractivity contribution in [3.05, 3.63) is 30.3 Å². The van der Waals surface area contributed by atoms with Crippen molar-refractivity contribution < 1.29 is 17.2 Å². The van der Waals surface area contributed by atoms with Crippen LogP contribution in [0.4, 0.5) is 0 Å². The molecule has 0 aliphatic carbocycles. The molecule has 5 nitrogen and oxygen atoms in total. The zero-order valence-electron chi connectivity index (χ0n) is 7.08. The summed E-state index contributed by atoms with van der Waals surface area (Å²) in [4.78, 5) is -0.0783. The Balaban J connectivity index is 3.12. The van der Waals surface area contributed by atoms with Gasteiger partial charge in [0.1, 0.15) is 0 Å². The van der Waals surface area contributed by atoms with Crippen LogP contribution in [0.5, 0.6) is 0 Å². The van der Waals surface area contributed by atoms with E-state index in [1.165, 1.54) is 24.3 Å². The average molecular weight is 235 g/mol. The third-order valence-electron chi connectivity index (χ3n) is 1.29. The van der Waals surface area contributed by atoms with Gasteiger partial charge in [0.25, 0.3) is 10.0 Å². The van der Waals surface area contributed by atoms with E-state index < -0.39 is 20.0 Å². The van der Waals surface area contributed by atoms with Crippen LogP contribution >= 0.6 is 0 Å². The second kappa shape index (κ2) is 3.70. The molecule has 0 aliphatic heterocycles. The second-order valence-electron chi connectivity index (χ2n) is 2.54. The van der Waals surface area contributed by atoms with Crippen LogP contribution < -0.4 is 4.13 Å². The molecule has 0 aromatic heterocycles. The standard InChI is InChI=1S/C7H9NO4S2/c1-13(9,10)8-14(11,12)7-5-3-2-4-6-7/h2-6H,1H2,(H2,8,9,10). The predicted octanol–water partition coefficient (Wildman–Crippen LogP) is 0.0693. The van der Waals surface area contributed by atoms with Crippen molar-refractivity contribution in [2.24, 2.45) is 0 Å². The summed E-state index contributed by atoms with van der Waals surface area (Å²) in [5.74, 6) is 2.77. The van der Waals surface area contributed by atoms with Crippen LogP contribution in [0.3, 0.4) is 0 Å². The van der Waals surface area contributed by atoms with E-state index in [4.69, 9.17) is 4.55 Å². The fourth-order valence-electron chi connectivity index (χ4n) is 0.819. The van der Waals surface area contributed by atoms with Crippen LogP contribution in [0.1, 0.15) is 0 Å². The largest absolute Gasteiger partial charge is 0.302 e. The van der Waals surface area contributed by atoms with E-state index in [1.54, 1.807) is 10.2 Å². The molecule has 0 spiro atoms. The summed E-state index contributed by atoms with van der Waals surface area (Å²) in [6.07, 6.45) is 0. The van der Waals surface area contributed by atoms with Crippen LogP contribution in [0, 0.1) is 0 Å². The molecule has 1 aromatic rings. The van der Waals surface area contributed by atoms with Gasteiger partial charge in [0, 0.05) is 0 Å². The first-order valence-electron chi connectivity index (χ1n) is 3.49. The molecular formula is C7H9NO4S2. The molecule has 7 heteroatoms. The van der Waals surface area contributed by atoms with Crippen molar-refractivity contribution in [1.29, 1.82) is 0 Å². The smallest absolute Gasteiger partial charge is 0.252 e. The van der Waals surface area contributed by atoms with Crippen LogP contribution in [-0.2, 0) is 20.0 Å². The molecule has 0 radical (unpaired) electrons. The number of nitrogens with one attached hydrogen (secondary N) is 1. The minimum atomic E-state index is -3.96. The molecule has 0 bridgehead atoms. The van der Waals surface area contributed by atoms with Crippen molar-refractivity contribution in [2.45, 2.75) is 4.90 Å². The van der Waals surface area contributed by atoms with E-state index in [1.807, 2.05) is 0 Å². The molecule has 14 heavy (non-hydrogen) atoms. The molecule has 0 heterocycles. The molecule has 1 unspecified atom stereocenters. The molecule has 1 aromatic carbocycles. The van der Waals surface area contributed by atoms with Crippen molar-refractivity contribution in [3.63, 3.8) is 0 Å². The summed E-state index contributed by atoms with van der Waals surface area (Å²) in [5, 5.41) is 0. The maximum atomic E-state index is 11.4. The fourth-order valence-corrected chi connectivity index (χ4v) is 3.09. The van der Waals surface area contributed by atoms with Crippen molar-refractivity contribution in [3.8, 4) is 0 Å². The maximum absolute atomic E-state index is 11.4.